The second kappa shape index (κ2) is 7.05. The van der Waals surface area contributed by atoms with E-state index in [2.05, 4.69) is 15.3 Å². The van der Waals surface area contributed by atoms with Crippen molar-refractivity contribution in [2.24, 2.45) is 0 Å². The number of ether oxygens (including phenoxy) is 1. The summed E-state index contributed by atoms with van der Waals surface area (Å²) in [5.74, 6) is 1.06. The SMILES string of the molecule is Cc1cccc(OCCCNc2ncnc3cccc(F)c23)c1. The van der Waals surface area contributed by atoms with E-state index in [1.54, 1.807) is 12.1 Å². The molecule has 4 nitrogen and oxygen atoms in total. The van der Waals surface area contributed by atoms with Gasteiger partial charge in [0.05, 0.1) is 17.5 Å². The zero-order chi connectivity index (χ0) is 16.1. The minimum Gasteiger partial charge on any atom is -0.494 e. The average molecular weight is 311 g/mol. The predicted molar refractivity (Wildman–Crippen MR) is 89.3 cm³/mol. The monoisotopic (exact) mass is 311 g/mol. The molecule has 118 valence electrons. The molecule has 0 aliphatic rings. The van der Waals surface area contributed by atoms with Gasteiger partial charge in [-0.25, -0.2) is 14.4 Å². The summed E-state index contributed by atoms with van der Waals surface area (Å²) in [6.07, 6.45) is 2.22. The highest BCUT2D eigenvalue weighted by molar-refractivity contribution is 5.89. The molecule has 23 heavy (non-hydrogen) atoms. The lowest BCUT2D eigenvalue weighted by Crippen LogP contribution is -2.09. The van der Waals surface area contributed by atoms with Gasteiger partial charge in [-0.2, -0.15) is 0 Å². The van der Waals surface area contributed by atoms with Crippen molar-refractivity contribution in [3.8, 4) is 5.75 Å². The molecule has 1 aromatic heterocycles. The van der Waals surface area contributed by atoms with E-state index in [4.69, 9.17) is 4.74 Å². The van der Waals surface area contributed by atoms with Crippen LogP contribution in [0.25, 0.3) is 10.9 Å². The Hall–Kier alpha value is -2.69. The maximum Gasteiger partial charge on any atom is 0.140 e. The van der Waals surface area contributed by atoms with Gasteiger partial charge in [0, 0.05) is 6.54 Å². The number of nitrogens with zero attached hydrogens (tertiary/aromatic N) is 2. The van der Waals surface area contributed by atoms with E-state index in [1.165, 1.54) is 18.0 Å². The second-order valence-electron chi connectivity index (χ2n) is 5.30. The third kappa shape index (κ3) is 3.74. The van der Waals surface area contributed by atoms with E-state index in [0.717, 1.165) is 12.2 Å². The molecule has 0 unspecified atom stereocenters. The predicted octanol–water partition coefficient (Wildman–Crippen LogP) is 3.96. The van der Waals surface area contributed by atoms with Gasteiger partial charge in [0.15, 0.2) is 0 Å². The van der Waals surface area contributed by atoms with Crippen LogP contribution >= 0.6 is 0 Å². The highest BCUT2D eigenvalue weighted by Crippen LogP contribution is 2.22. The molecule has 5 heteroatoms. The van der Waals surface area contributed by atoms with E-state index in [0.29, 0.717) is 29.9 Å². The van der Waals surface area contributed by atoms with E-state index in [-0.39, 0.29) is 5.82 Å². The molecular formula is C18H18FN3O. The van der Waals surface area contributed by atoms with E-state index in [9.17, 15) is 4.39 Å². The maximum absolute atomic E-state index is 13.9. The van der Waals surface area contributed by atoms with Crippen molar-refractivity contribution < 1.29 is 9.13 Å². The molecule has 0 amide bonds. The van der Waals surface area contributed by atoms with Gasteiger partial charge in [0.2, 0.25) is 0 Å². The van der Waals surface area contributed by atoms with Crippen molar-refractivity contribution in [3.63, 3.8) is 0 Å². The van der Waals surface area contributed by atoms with E-state index >= 15 is 0 Å². The van der Waals surface area contributed by atoms with Crippen LogP contribution in [-0.4, -0.2) is 23.1 Å². The second-order valence-corrected chi connectivity index (χ2v) is 5.30. The summed E-state index contributed by atoms with van der Waals surface area (Å²) in [5, 5.41) is 3.58. The highest BCUT2D eigenvalue weighted by Gasteiger charge is 2.07. The normalized spacial score (nSPS) is 10.7. The molecule has 0 fully saturated rings. The quantitative estimate of drug-likeness (QED) is 0.700. The summed E-state index contributed by atoms with van der Waals surface area (Å²) in [4.78, 5) is 8.21. The Labute approximate surface area is 134 Å². The largest absolute Gasteiger partial charge is 0.494 e. The van der Waals surface area contributed by atoms with Crippen LogP contribution in [0.2, 0.25) is 0 Å². The Morgan fingerprint density at radius 3 is 2.87 bits per heavy atom. The fourth-order valence-electron chi connectivity index (χ4n) is 2.38. The van der Waals surface area contributed by atoms with E-state index in [1.807, 2.05) is 31.2 Å². The van der Waals surface area contributed by atoms with Crippen molar-refractivity contribution in [2.45, 2.75) is 13.3 Å². The molecule has 0 bridgehead atoms. The minimum absolute atomic E-state index is 0.318. The first-order valence-corrected chi connectivity index (χ1v) is 7.56. The Balaban J connectivity index is 1.55. The number of halogens is 1. The number of hydrogen-bond acceptors (Lipinski definition) is 4. The molecule has 0 radical (unpaired) electrons. The van der Waals surface area contributed by atoms with Crippen LogP contribution in [0.3, 0.4) is 0 Å². The molecule has 0 saturated heterocycles. The molecule has 1 heterocycles. The fraction of sp³-hybridized carbons (Fsp3) is 0.222. The molecule has 3 aromatic rings. The molecule has 0 aliphatic heterocycles. The smallest absolute Gasteiger partial charge is 0.140 e. The highest BCUT2D eigenvalue weighted by atomic mass is 19.1. The van der Waals surface area contributed by atoms with Crippen molar-refractivity contribution >= 4 is 16.7 Å². The fourth-order valence-corrected chi connectivity index (χ4v) is 2.38. The third-order valence-corrected chi connectivity index (χ3v) is 3.48. The van der Waals surface area contributed by atoms with Crippen molar-refractivity contribution in [2.75, 3.05) is 18.5 Å². The summed E-state index contributed by atoms with van der Waals surface area (Å²) in [6.45, 7) is 3.26. The first-order chi connectivity index (χ1) is 11.2. The number of anilines is 1. The van der Waals surface area contributed by atoms with Gasteiger partial charge < -0.3 is 10.1 Å². The molecule has 2 aromatic carbocycles. The topological polar surface area (TPSA) is 47.0 Å². The Kier molecular flexibility index (Phi) is 4.66. The number of aryl methyl sites for hydroxylation is 1. The summed E-state index contributed by atoms with van der Waals surface area (Å²) < 4.78 is 19.6. The first-order valence-electron chi connectivity index (χ1n) is 7.56. The average Bonchev–Trinajstić information content (AvgIpc) is 2.55. The molecule has 0 aliphatic carbocycles. The molecule has 3 rings (SSSR count). The molecule has 0 atom stereocenters. The lowest BCUT2D eigenvalue weighted by atomic mass is 10.2. The van der Waals surface area contributed by atoms with Crippen LogP contribution in [0.1, 0.15) is 12.0 Å². The summed E-state index contributed by atoms with van der Waals surface area (Å²) in [5.41, 5.74) is 1.77. The van der Waals surface area contributed by atoms with Crippen LogP contribution in [0.5, 0.6) is 5.75 Å². The molecule has 1 N–H and O–H groups in total. The first kappa shape index (κ1) is 15.2. The Morgan fingerprint density at radius 1 is 1.13 bits per heavy atom. The van der Waals surface area contributed by atoms with E-state index < -0.39 is 0 Å². The van der Waals surface area contributed by atoms with Gasteiger partial charge in [0.1, 0.15) is 23.7 Å². The van der Waals surface area contributed by atoms with Crippen LogP contribution < -0.4 is 10.1 Å². The maximum atomic E-state index is 13.9. The van der Waals surface area contributed by atoms with Crippen LogP contribution in [0, 0.1) is 12.7 Å². The molecule has 0 saturated carbocycles. The number of aromatic nitrogens is 2. The van der Waals surface area contributed by atoms with Crippen molar-refractivity contribution in [1.29, 1.82) is 0 Å². The number of rotatable bonds is 6. The number of hydrogen-bond donors (Lipinski definition) is 1. The van der Waals surface area contributed by atoms with Crippen LogP contribution in [0.15, 0.2) is 48.8 Å². The molecular weight excluding hydrogens is 293 g/mol. The van der Waals surface area contributed by atoms with Crippen molar-refractivity contribution in [3.05, 3.63) is 60.2 Å². The minimum atomic E-state index is -0.318. The Bertz CT molecular complexity index is 802. The van der Waals surface area contributed by atoms with Gasteiger partial charge in [0.25, 0.3) is 0 Å². The zero-order valence-electron chi connectivity index (χ0n) is 12.9. The summed E-state index contributed by atoms with van der Waals surface area (Å²) in [7, 11) is 0. The van der Waals surface area contributed by atoms with Crippen LogP contribution in [0.4, 0.5) is 10.2 Å². The van der Waals surface area contributed by atoms with Gasteiger partial charge >= 0.3 is 0 Å². The number of nitrogens with one attached hydrogen (secondary N) is 1. The van der Waals surface area contributed by atoms with Gasteiger partial charge in [-0.15, -0.1) is 0 Å². The third-order valence-electron chi connectivity index (χ3n) is 3.48. The van der Waals surface area contributed by atoms with Crippen molar-refractivity contribution in [1.82, 2.24) is 9.97 Å². The lowest BCUT2D eigenvalue weighted by Gasteiger charge is -2.10. The summed E-state index contributed by atoms with van der Waals surface area (Å²) >= 11 is 0. The number of fused-ring (bicyclic) bond motifs is 1. The zero-order valence-corrected chi connectivity index (χ0v) is 12.9. The summed E-state index contributed by atoms with van der Waals surface area (Å²) in [6, 6.07) is 12.8. The number of benzene rings is 2. The van der Waals surface area contributed by atoms with Gasteiger partial charge in [-0.3, -0.25) is 0 Å². The van der Waals surface area contributed by atoms with Gasteiger partial charge in [-0.05, 0) is 43.2 Å². The Morgan fingerprint density at radius 2 is 2.00 bits per heavy atom. The van der Waals surface area contributed by atoms with Crippen LogP contribution in [-0.2, 0) is 0 Å². The molecule has 0 spiro atoms. The standard InChI is InChI=1S/C18H18FN3O/c1-13-5-2-6-14(11-13)23-10-4-9-20-18-17-15(19)7-3-8-16(17)21-12-22-18/h2-3,5-8,11-12H,4,9-10H2,1H3,(H,20,21,22). The van der Waals surface area contributed by atoms with Gasteiger partial charge in [-0.1, -0.05) is 18.2 Å². The lowest BCUT2D eigenvalue weighted by molar-refractivity contribution is 0.315.